The summed E-state index contributed by atoms with van der Waals surface area (Å²) in [5.74, 6) is -0.0899. The first-order chi connectivity index (χ1) is 16.3. The maximum absolute atomic E-state index is 13.5. The molecule has 0 bridgehead atoms. The summed E-state index contributed by atoms with van der Waals surface area (Å²) >= 11 is 5.64. The summed E-state index contributed by atoms with van der Waals surface area (Å²) < 4.78 is 1.96. The summed E-state index contributed by atoms with van der Waals surface area (Å²) in [7, 11) is 1.82. The minimum atomic E-state index is -0.160. The van der Waals surface area contributed by atoms with Crippen LogP contribution in [0.3, 0.4) is 0 Å². The smallest absolute Gasteiger partial charge is 0.281 e. The average Bonchev–Trinajstić information content (AvgIpc) is 3.26. The topological polar surface area (TPSA) is 48.8 Å². The summed E-state index contributed by atoms with van der Waals surface area (Å²) in [6, 6.07) is 13.9. The van der Waals surface area contributed by atoms with E-state index in [0.29, 0.717) is 23.9 Å². The van der Waals surface area contributed by atoms with E-state index in [0.717, 1.165) is 33.3 Å². The Morgan fingerprint density at radius 1 is 1.06 bits per heavy atom. The number of hydrogen-bond donors (Lipinski definition) is 0. The van der Waals surface area contributed by atoms with Crippen molar-refractivity contribution in [3.05, 3.63) is 71.0 Å². The second-order valence-electron chi connectivity index (χ2n) is 8.58. The van der Waals surface area contributed by atoms with Crippen molar-refractivity contribution in [2.45, 2.75) is 34.2 Å². The summed E-state index contributed by atoms with van der Waals surface area (Å²) in [6.07, 6.45) is 3.82. The third-order valence-electron chi connectivity index (χ3n) is 6.54. The molecule has 34 heavy (non-hydrogen) atoms. The monoisotopic (exact) mass is 474 g/mol. The number of aromatic nitrogens is 1. The number of amides is 2. The van der Waals surface area contributed by atoms with E-state index in [1.807, 2.05) is 98.9 Å². The first-order valence-electron chi connectivity index (χ1n) is 11.5. The fraction of sp³-hybridized carbons (Fsp3) is 0.296. The maximum atomic E-state index is 13.5. The quantitative estimate of drug-likeness (QED) is 0.383. The Morgan fingerprint density at radius 3 is 2.44 bits per heavy atom. The zero-order valence-corrected chi connectivity index (χ0v) is 21.1. The molecule has 7 heteroatoms. The lowest BCUT2D eigenvalue weighted by Crippen LogP contribution is -2.33. The molecule has 0 saturated carbocycles. The molecule has 0 aliphatic carbocycles. The van der Waals surface area contributed by atoms with Gasteiger partial charge in [0.2, 0.25) is 5.91 Å². The van der Waals surface area contributed by atoms with Crippen LogP contribution in [0.5, 0.6) is 0 Å². The molecule has 1 fully saturated rings. The highest BCUT2D eigenvalue weighted by atomic mass is 32.1. The Kier molecular flexibility index (Phi) is 6.57. The Bertz CT molecular complexity index is 1320. The lowest BCUT2D eigenvalue weighted by Gasteiger charge is -2.19. The lowest BCUT2D eigenvalue weighted by molar-refractivity contribution is -0.131. The first-order valence-corrected chi connectivity index (χ1v) is 11.9. The average molecular weight is 475 g/mol. The zero-order chi connectivity index (χ0) is 24.6. The van der Waals surface area contributed by atoms with Crippen molar-refractivity contribution in [3.8, 4) is 0 Å². The van der Waals surface area contributed by atoms with Crippen LogP contribution in [0.1, 0.15) is 30.5 Å². The van der Waals surface area contributed by atoms with Gasteiger partial charge in [0.1, 0.15) is 12.2 Å². The van der Waals surface area contributed by atoms with Crippen LogP contribution in [-0.4, -0.2) is 51.4 Å². The van der Waals surface area contributed by atoms with E-state index in [-0.39, 0.29) is 18.4 Å². The van der Waals surface area contributed by atoms with Crippen LogP contribution in [0.15, 0.2) is 54.4 Å². The molecule has 1 aromatic heterocycles. The second kappa shape index (κ2) is 9.43. The summed E-state index contributed by atoms with van der Waals surface area (Å²) in [5, 5.41) is 1.43. The van der Waals surface area contributed by atoms with Gasteiger partial charge in [-0.05, 0) is 75.3 Å². The van der Waals surface area contributed by atoms with Gasteiger partial charge in [-0.2, -0.15) is 0 Å². The third kappa shape index (κ3) is 4.12. The van der Waals surface area contributed by atoms with E-state index in [1.54, 1.807) is 9.80 Å². The molecule has 0 spiro atoms. The molecule has 4 rings (SSSR count). The van der Waals surface area contributed by atoms with E-state index < -0.39 is 0 Å². The van der Waals surface area contributed by atoms with Crippen molar-refractivity contribution in [1.82, 2.24) is 14.4 Å². The molecule has 2 amide bonds. The van der Waals surface area contributed by atoms with Gasteiger partial charge in [-0.1, -0.05) is 24.3 Å². The molecule has 3 aromatic rings. The Balaban J connectivity index is 1.73. The van der Waals surface area contributed by atoms with E-state index in [1.165, 1.54) is 0 Å². The number of rotatable bonds is 6. The van der Waals surface area contributed by atoms with Gasteiger partial charge in [0, 0.05) is 42.8 Å². The predicted octanol–water partition coefficient (Wildman–Crippen LogP) is 4.73. The SMILES string of the molecule is CCN(CC)C(=O)Cn1cc(/C=C2/C(=O)N(c3ccc(C)c(C)c3)C(=S)N2C)c2ccccc21. The van der Waals surface area contributed by atoms with E-state index in [4.69, 9.17) is 12.2 Å². The van der Waals surface area contributed by atoms with Gasteiger partial charge in [0.15, 0.2) is 5.11 Å². The molecule has 1 aliphatic heterocycles. The highest BCUT2D eigenvalue weighted by Gasteiger charge is 2.37. The highest BCUT2D eigenvalue weighted by Crippen LogP contribution is 2.31. The van der Waals surface area contributed by atoms with Gasteiger partial charge >= 0.3 is 0 Å². The molecular weight excluding hydrogens is 444 g/mol. The molecule has 176 valence electrons. The van der Waals surface area contributed by atoms with Crippen molar-refractivity contribution in [2.75, 3.05) is 25.0 Å². The number of fused-ring (bicyclic) bond motifs is 1. The Hall–Kier alpha value is -3.45. The van der Waals surface area contributed by atoms with Crippen LogP contribution in [0.2, 0.25) is 0 Å². The molecule has 0 radical (unpaired) electrons. The van der Waals surface area contributed by atoms with Gasteiger partial charge in [0.05, 0.1) is 5.69 Å². The van der Waals surface area contributed by atoms with Crippen LogP contribution in [-0.2, 0) is 16.1 Å². The Morgan fingerprint density at radius 2 is 1.76 bits per heavy atom. The summed E-state index contributed by atoms with van der Waals surface area (Å²) in [4.78, 5) is 31.4. The minimum Gasteiger partial charge on any atom is -0.342 e. The third-order valence-corrected chi connectivity index (χ3v) is 7.00. The van der Waals surface area contributed by atoms with Crippen LogP contribution >= 0.6 is 12.2 Å². The maximum Gasteiger partial charge on any atom is 0.281 e. The molecule has 0 atom stereocenters. The second-order valence-corrected chi connectivity index (χ2v) is 8.94. The number of aryl methyl sites for hydroxylation is 2. The van der Waals surface area contributed by atoms with E-state index in [2.05, 4.69) is 0 Å². The van der Waals surface area contributed by atoms with E-state index >= 15 is 0 Å². The van der Waals surface area contributed by atoms with Crippen LogP contribution in [0.25, 0.3) is 17.0 Å². The van der Waals surface area contributed by atoms with Gasteiger partial charge < -0.3 is 14.4 Å². The van der Waals surface area contributed by atoms with Crippen molar-refractivity contribution >= 4 is 51.8 Å². The molecule has 1 saturated heterocycles. The number of carbonyl (C=O) groups is 2. The van der Waals surface area contributed by atoms with Gasteiger partial charge in [-0.15, -0.1) is 0 Å². The fourth-order valence-corrected chi connectivity index (χ4v) is 4.63. The lowest BCUT2D eigenvalue weighted by atomic mass is 10.1. The number of anilines is 1. The van der Waals surface area contributed by atoms with E-state index in [9.17, 15) is 9.59 Å². The standard InChI is InChI=1S/C27H30N4O2S/c1-6-29(7-2)25(32)17-30-16-20(22-10-8-9-11-23(22)30)15-24-26(33)31(27(34)28(24)5)21-13-12-18(3)19(4)14-21/h8-16H,6-7,17H2,1-5H3/b24-15-. The number of thiocarbonyl (C=S) groups is 1. The molecular formula is C27H30N4O2S. The number of benzene rings is 2. The predicted molar refractivity (Wildman–Crippen MR) is 142 cm³/mol. The van der Waals surface area contributed by atoms with Crippen LogP contribution < -0.4 is 4.90 Å². The fourth-order valence-electron chi connectivity index (χ4n) is 4.34. The number of para-hydroxylation sites is 1. The Labute approximate surface area is 206 Å². The number of nitrogens with zero attached hydrogens (tertiary/aromatic N) is 4. The summed E-state index contributed by atoms with van der Waals surface area (Å²) in [6.45, 7) is 9.64. The van der Waals surface area contributed by atoms with Crippen molar-refractivity contribution < 1.29 is 9.59 Å². The normalized spacial score (nSPS) is 15.1. The molecule has 2 aromatic carbocycles. The number of carbonyl (C=O) groups excluding carboxylic acids is 2. The molecule has 1 aliphatic rings. The van der Waals surface area contributed by atoms with Gasteiger partial charge in [-0.3, -0.25) is 14.5 Å². The zero-order valence-electron chi connectivity index (χ0n) is 20.3. The van der Waals surface area contributed by atoms with Gasteiger partial charge in [0.25, 0.3) is 5.91 Å². The molecule has 0 unspecified atom stereocenters. The minimum absolute atomic E-state index is 0.0705. The molecule has 2 heterocycles. The first kappa shape index (κ1) is 23.7. The number of hydrogen-bond acceptors (Lipinski definition) is 3. The van der Waals surface area contributed by atoms with Crippen molar-refractivity contribution in [2.24, 2.45) is 0 Å². The van der Waals surface area contributed by atoms with Crippen LogP contribution in [0, 0.1) is 13.8 Å². The number of likely N-dealkylation sites (N-methyl/N-ethyl adjacent to an activating group) is 2. The highest BCUT2D eigenvalue weighted by molar-refractivity contribution is 7.80. The van der Waals surface area contributed by atoms with Crippen LogP contribution in [0.4, 0.5) is 5.69 Å². The van der Waals surface area contributed by atoms with Crippen molar-refractivity contribution in [3.63, 3.8) is 0 Å². The summed E-state index contributed by atoms with van der Waals surface area (Å²) in [5.41, 5.74) is 5.37. The largest absolute Gasteiger partial charge is 0.342 e. The van der Waals surface area contributed by atoms with Gasteiger partial charge in [-0.25, -0.2) is 0 Å². The molecule has 0 N–H and O–H groups in total. The van der Waals surface area contributed by atoms with Crippen molar-refractivity contribution in [1.29, 1.82) is 0 Å². The molecule has 6 nitrogen and oxygen atoms in total.